The highest BCUT2D eigenvalue weighted by atomic mass is 35.5. The van der Waals surface area contributed by atoms with Gasteiger partial charge < -0.3 is 10.1 Å². The van der Waals surface area contributed by atoms with Crippen molar-refractivity contribution in [2.45, 2.75) is 25.0 Å². The Morgan fingerprint density at radius 2 is 1.87 bits per heavy atom. The zero-order valence-electron chi connectivity index (χ0n) is 7.94. The number of halogens is 4. The Balaban J connectivity index is 5.02. The van der Waals surface area contributed by atoms with Crippen molar-refractivity contribution < 1.29 is 27.5 Å². The number of rotatable bonds is 3. The molecule has 0 aliphatic rings. The van der Waals surface area contributed by atoms with Gasteiger partial charge in [-0.05, 0) is 6.92 Å². The normalized spacial score (nSPS) is 15.3. The molecule has 0 fully saturated rings. The molecule has 15 heavy (non-hydrogen) atoms. The number of esters is 1. The lowest BCUT2D eigenvalue weighted by Gasteiger charge is -2.27. The van der Waals surface area contributed by atoms with Gasteiger partial charge in [-0.3, -0.25) is 4.79 Å². The van der Waals surface area contributed by atoms with Crippen LogP contribution in [0.1, 0.15) is 13.8 Å². The van der Waals surface area contributed by atoms with Crippen molar-refractivity contribution in [1.29, 1.82) is 0 Å². The van der Waals surface area contributed by atoms with Crippen molar-refractivity contribution in [2.75, 3.05) is 6.61 Å². The number of carbonyl (C=O) groups is 2. The van der Waals surface area contributed by atoms with E-state index in [9.17, 15) is 22.8 Å². The van der Waals surface area contributed by atoms with Crippen LogP contribution in [-0.2, 0) is 14.3 Å². The molecule has 0 saturated carbocycles. The van der Waals surface area contributed by atoms with Crippen LogP contribution in [0.25, 0.3) is 0 Å². The molecule has 0 aromatic heterocycles. The minimum atomic E-state index is -5.13. The number of carbonyl (C=O) groups excluding carboxylic acids is 2. The highest BCUT2D eigenvalue weighted by Crippen LogP contribution is 2.35. The molecular formula is C7H9ClF3NO3. The van der Waals surface area contributed by atoms with Crippen LogP contribution in [0.4, 0.5) is 13.2 Å². The van der Waals surface area contributed by atoms with Gasteiger partial charge in [0.15, 0.2) is 0 Å². The van der Waals surface area contributed by atoms with Gasteiger partial charge in [-0.1, -0.05) is 11.6 Å². The number of nitrogens with one attached hydrogen (secondary N) is 1. The van der Waals surface area contributed by atoms with Crippen LogP contribution >= 0.6 is 11.6 Å². The maximum atomic E-state index is 12.4. The summed E-state index contributed by atoms with van der Waals surface area (Å²) in [7, 11) is 0. The molecule has 0 aliphatic heterocycles. The molecule has 0 aliphatic carbocycles. The number of hydrogen-bond acceptors (Lipinski definition) is 3. The number of hydrogen-bond donors (Lipinski definition) is 1. The van der Waals surface area contributed by atoms with Gasteiger partial charge in [-0.15, -0.1) is 0 Å². The molecule has 0 unspecified atom stereocenters. The Morgan fingerprint density at radius 3 is 2.13 bits per heavy atom. The topological polar surface area (TPSA) is 55.4 Å². The van der Waals surface area contributed by atoms with Gasteiger partial charge >= 0.3 is 17.1 Å². The molecule has 1 N–H and O–H groups in total. The number of amides is 1. The maximum absolute atomic E-state index is 12.4. The predicted molar refractivity (Wildman–Crippen MR) is 45.1 cm³/mol. The summed E-state index contributed by atoms with van der Waals surface area (Å²) in [5.41, 5.74) is 0. The zero-order valence-corrected chi connectivity index (χ0v) is 8.70. The summed E-state index contributed by atoms with van der Waals surface area (Å²) < 4.78 is 41.3. The van der Waals surface area contributed by atoms with Gasteiger partial charge in [0.25, 0.3) is 0 Å². The molecule has 4 nitrogen and oxygen atoms in total. The molecule has 0 bridgehead atoms. The van der Waals surface area contributed by atoms with E-state index in [4.69, 9.17) is 11.6 Å². The van der Waals surface area contributed by atoms with Crippen molar-refractivity contribution in [3.63, 3.8) is 0 Å². The van der Waals surface area contributed by atoms with Crippen molar-refractivity contribution in [2.24, 2.45) is 0 Å². The monoisotopic (exact) mass is 247 g/mol. The first-order valence-corrected chi connectivity index (χ1v) is 4.24. The van der Waals surface area contributed by atoms with E-state index in [1.807, 2.05) is 0 Å². The molecule has 0 spiro atoms. The van der Waals surface area contributed by atoms with Crippen LogP contribution in [0.3, 0.4) is 0 Å². The van der Waals surface area contributed by atoms with Crippen LogP contribution in [0, 0.1) is 0 Å². The standard InChI is InChI=1S/C7H9ClF3NO3/c1-3-15-5(14)6(8,7(9,10)11)12-4(2)13/h3H2,1-2H3,(H,12,13)/t6-/m0/s1. The van der Waals surface area contributed by atoms with E-state index in [1.54, 1.807) is 0 Å². The molecule has 0 aromatic rings. The van der Waals surface area contributed by atoms with Crippen molar-refractivity contribution >= 4 is 23.5 Å². The third kappa shape index (κ3) is 3.26. The lowest BCUT2D eigenvalue weighted by molar-refractivity contribution is -0.195. The number of alkyl halides is 4. The smallest absolute Gasteiger partial charge is 0.437 e. The van der Waals surface area contributed by atoms with E-state index in [0.29, 0.717) is 0 Å². The molecule has 0 aromatic carbocycles. The maximum Gasteiger partial charge on any atom is 0.437 e. The lowest BCUT2D eigenvalue weighted by atomic mass is 10.2. The third-order valence-corrected chi connectivity index (χ3v) is 1.76. The van der Waals surface area contributed by atoms with Crippen molar-refractivity contribution in [3.05, 3.63) is 0 Å². The first kappa shape index (κ1) is 14.0. The van der Waals surface area contributed by atoms with Gasteiger partial charge in [-0.2, -0.15) is 13.2 Å². The highest BCUT2D eigenvalue weighted by molar-refractivity contribution is 6.35. The van der Waals surface area contributed by atoms with E-state index in [1.165, 1.54) is 12.2 Å². The van der Waals surface area contributed by atoms with Crippen LogP contribution < -0.4 is 5.32 Å². The predicted octanol–water partition coefficient (Wildman–Crippen LogP) is 1.18. The van der Waals surface area contributed by atoms with Gasteiger partial charge in [-0.25, -0.2) is 4.79 Å². The van der Waals surface area contributed by atoms with E-state index >= 15 is 0 Å². The van der Waals surface area contributed by atoms with Crippen LogP contribution in [0.2, 0.25) is 0 Å². The van der Waals surface area contributed by atoms with Gasteiger partial charge in [0.1, 0.15) is 0 Å². The average Bonchev–Trinajstić information content (AvgIpc) is 2.01. The number of ether oxygens (including phenoxy) is 1. The Morgan fingerprint density at radius 1 is 1.40 bits per heavy atom. The van der Waals surface area contributed by atoms with Crippen LogP contribution in [-0.4, -0.2) is 29.7 Å². The molecule has 8 heteroatoms. The Hall–Kier alpha value is -0.980. The molecule has 88 valence electrons. The second kappa shape index (κ2) is 4.69. The van der Waals surface area contributed by atoms with Crippen molar-refractivity contribution in [3.8, 4) is 0 Å². The quantitative estimate of drug-likeness (QED) is 0.463. The zero-order chi connectivity index (χ0) is 12.3. The summed E-state index contributed by atoms with van der Waals surface area (Å²) in [5, 5.41) is 1.31. The highest BCUT2D eigenvalue weighted by Gasteiger charge is 2.61. The van der Waals surface area contributed by atoms with Crippen molar-refractivity contribution in [1.82, 2.24) is 5.32 Å². The molecule has 1 amide bonds. The summed E-state index contributed by atoms with van der Waals surface area (Å²) in [5.74, 6) is -2.84. The molecule has 1 atom stereocenters. The van der Waals surface area contributed by atoms with E-state index in [-0.39, 0.29) is 6.61 Å². The minimum absolute atomic E-state index is 0.275. The van der Waals surface area contributed by atoms with Gasteiger partial charge in [0, 0.05) is 6.92 Å². The average molecular weight is 248 g/mol. The second-order valence-corrected chi connectivity index (χ2v) is 3.12. The fourth-order valence-electron chi connectivity index (χ4n) is 0.711. The van der Waals surface area contributed by atoms with Crippen LogP contribution in [0.5, 0.6) is 0 Å². The van der Waals surface area contributed by atoms with Crippen LogP contribution in [0.15, 0.2) is 0 Å². The summed E-state index contributed by atoms with van der Waals surface area (Å²) in [6.07, 6.45) is -5.13. The SMILES string of the molecule is CCOC(=O)[C@](Cl)(NC(C)=O)C(F)(F)F. The Bertz CT molecular complexity index is 269. The second-order valence-electron chi connectivity index (χ2n) is 2.56. The molecule has 0 saturated heterocycles. The molecule has 0 rings (SSSR count). The summed E-state index contributed by atoms with van der Waals surface area (Å²) in [6.45, 7) is 1.85. The summed E-state index contributed by atoms with van der Waals surface area (Å²) in [4.78, 5) is 18.0. The Kier molecular flexibility index (Phi) is 4.39. The summed E-state index contributed by atoms with van der Waals surface area (Å²) in [6, 6.07) is 0. The van der Waals surface area contributed by atoms with Gasteiger partial charge in [0.05, 0.1) is 6.61 Å². The molecule has 0 heterocycles. The molecular weight excluding hydrogens is 239 g/mol. The lowest BCUT2D eigenvalue weighted by Crippen LogP contribution is -2.60. The summed E-state index contributed by atoms with van der Waals surface area (Å²) >= 11 is 5.01. The third-order valence-electron chi connectivity index (χ3n) is 1.30. The first-order chi connectivity index (χ1) is 6.65. The van der Waals surface area contributed by atoms with E-state index in [2.05, 4.69) is 4.74 Å². The van der Waals surface area contributed by atoms with Gasteiger partial charge in [0.2, 0.25) is 5.91 Å². The molecule has 0 radical (unpaired) electrons. The minimum Gasteiger partial charge on any atom is -0.463 e. The first-order valence-electron chi connectivity index (χ1n) is 3.86. The fraction of sp³-hybridized carbons (Fsp3) is 0.714. The van der Waals surface area contributed by atoms with E-state index in [0.717, 1.165) is 6.92 Å². The Labute approximate surface area is 88.7 Å². The fourth-order valence-corrected chi connectivity index (χ4v) is 0.898. The largest absolute Gasteiger partial charge is 0.463 e. The van der Waals surface area contributed by atoms with E-state index < -0.39 is 23.1 Å².